The number of nitrogens with one attached hydrogen (secondary N) is 3. The lowest BCUT2D eigenvalue weighted by Crippen LogP contribution is -2.44. The van der Waals surface area contributed by atoms with E-state index < -0.39 is 16.9 Å². The predicted molar refractivity (Wildman–Crippen MR) is 106 cm³/mol. The van der Waals surface area contributed by atoms with Gasteiger partial charge in [0.25, 0.3) is 5.69 Å². The molecule has 0 radical (unpaired) electrons. The highest BCUT2D eigenvalue weighted by Gasteiger charge is 2.22. The molecule has 0 aliphatic carbocycles. The van der Waals surface area contributed by atoms with E-state index in [-0.39, 0.29) is 28.7 Å². The highest BCUT2D eigenvalue weighted by molar-refractivity contribution is 6.32. The molecule has 144 valence electrons. The number of para-hydroxylation sites is 1. The first-order valence-corrected chi connectivity index (χ1v) is 8.80. The molecule has 1 heterocycles. The second-order valence-electron chi connectivity index (χ2n) is 6.23. The maximum Gasteiger partial charge on any atom is 0.289 e. The van der Waals surface area contributed by atoms with Crippen LogP contribution in [0.5, 0.6) is 0 Å². The van der Waals surface area contributed by atoms with Crippen LogP contribution < -0.4 is 10.6 Å². The Morgan fingerprint density at radius 2 is 2.00 bits per heavy atom. The van der Waals surface area contributed by atoms with Gasteiger partial charge in [-0.3, -0.25) is 19.7 Å². The fraction of sp³-hybridized carbons (Fsp3) is 0.158. The van der Waals surface area contributed by atoms with Gasteiger partial charge in [-0.05, 0) is 23.8 Å². The molecule has 2 amide bonds. The van der Waals surface area contributed by atoms with E-state index in [1.165, 1.54) is 25.1 Å². The number of aromatic nitrogens is 1. The molecular formula is C19H17ClN4O4. The monoisotopic (exact) mass is 400 g/mol. The number of rotatable bonds is 6. The van der Waals surface area contributed by atoms with Crippen molar-refractivity contribution in [3.05, 3.63) is 69.4 Å². The number of fused-ring (bicyclic) bond motifs is 1. The van der Waals surface area contributed by atoms with Crippen molar-refractivity contribution >= 4 is 45.7 Å². The van der Waals surface area contributed by atoms with E-state index in [1.807, 2.05) is 24.3 Å². The number of anilines is 1. The van der Waals surface area contributed by atoms with Crippen LogP contribution >= 0.6 is 11.6 Å². The molecule has 0 aliphatic rings. The van der Waals surface area contributed by atoms with E-state index in [2.05, 4.69) is 15.6 Å². The predicted octanol–water partition coefficient (Wildman–Crippen LogP) is 3.42. The number of halogens is 1. The summed E-state index contributed by atoms with van der Waals surface area (Å²) < 4.78 is 0. The number of aromatic amines is 1. The smallest absolute Gasteiger partial charge is 0.289 e. The van der Waals surface area contributed by atoms with Gasteiger partial charge in [-0.15, -0.1) is 0 Å². The molecule has 9 heteroatoms. The van der Waals surface area contributed by atoms with Crippen LogP contribution in [0.1, 0.15) is 12.5 Å². The van der Waals surface area contributed by atoms with Crippen molar-refractivity contribution in [2.75, 3.05) is 5.32 Å². The summed E-state index contributed by atoms with van der Waals surface area (Å²) in [6.07, 6.45) is 2.05. The van der Waals surface area contributed by atoms with E-state index in [0.29, 0.717) is 0 Å². The fourth-order valence-electron chi connectivity index (χ4n) is 2.93. The molecule has 0 saturated heterocycles. The molecule has 8 nitrogen and oxygen atoms in total. The number of amides is 2. The number of carbonyl (C=O) groups is 2. The maximum atomic E-state index is 12.7. The van der Waals surface area contributed by atoms with Crippen molar-refractivity contribution in [1.82, 2.24) is 10.3 Å². The van der Waals surface area contributed by atoms with Crippen LogP contribution in [-0.4, -0.2) is 27.8 Å². The fourth-order valence-corrected chi connectivity index (χ4v) is 3.12. The summed E-state index contributed by atoms with van der Waals surface area (Å²) in [7, 11) is 0. The Bertz CT molecular complexity index is 1060. The van der Waals surface area contributed by atoms with Crippen LogP contribution in [0.15, 0.2) is 48.7 Å². The van der Waals surface area contributed by atoms with E-state index >= 15 is 0 Å². The first kappa shape index (κ1) is 19.4. The summed E-state index contributed by atoms with van der Waals surface area (Å²) in [4.78, 5) is 37.8. The third-order valence-electron chi connectivity index (χ3n) is 4.20. The number of hydrogen-bond donors (Lipinski definition) is 3. The third kappa shape index (κ3) is 4.29. The summed E-state index contributed by atoms with van der Waals surface area (Å²) in [6, 6.07) is 10.7. The van der Waals surface area contributed by atoms with Crippen LogP contribution in [0.25, 0.3) is 10.9 Å². The van der Waals surface area contributed by atoms with Gasteiger partial charge >= 0.3 is 0 Å². The summed E-state index contributed by atoms with van der Waals surface area (Å²) >= 11 is 5.79. The maximum absolute atomic E-state index is 12.7. The third-order valence-corrected chi connectivity index (χ3v) is 4.52. The second kappa shape index (κ2) is 8.10. The van der Waals surface area contributed by atoms with Gasteiger partial charge in [0.1, 0.15) is 11.1 Å². The number of nitro groups is 1. The average Bonchev–Trinajstić information content (AvgIpc) is 3.05. The number of H-pyrrole nitrogens is 1. The van der Waals surface area contributed by atoms with Gasteiger partial charge in [-0.2, -0.15) is 0 Å². The SMILES string of the molecule is CC(=O)NC(Cc1c[nH]c2ccccc12)C(=O)Nc1ccc(Cl)c([N+](=O)[O-])c1. The van der Waals surface area contributed by atoms with Crippen molar-refractivity contribution in [2.45, 2.75) is 19.4 Å². The van der Waals surface area contributed by atoms with Crippen LogP contribution in [0, 0.1) is 10.1 Å². The minimum absolute atomic E-state index is 0.0276. The van der Waals surface area contributed by atoms with E-state index in [9.17, 15) is 19.7 Å². The normalized spacial score (nSPS) is 11.8. The molecule has 28 heavy (non-hydrogen) atoms. The lowest BCUT2D eigenvalue weighted by atomic mass is 10.0. The zero-order valence-corrected chi connectivity index (χ0v) is 15.6. The van der Waals surface area contributed by atoms with E-state index in [0.717, 1.165) is 16.5 Å². The first-order valence-electron chi connectivity index (χ1n) is 8.42. The molecule has 1 unspecified atom stereocenters. The molecule has 0 spiro atoms. The Balaban J connectivity index is 1.83. The zero-order valence-electron chi connectivity index (χ0n) is 14.9. The molecule has 0 bridgehead atoms. The van der Waals surface area contributed by atoms with Crippen LogP contribution in [0.3, 0.4) is 0 Å². The molecular weight excluding hydrogens is 384 g/mol. The Morgan fingerprint density at radius 3 is 2.71 bits per heavy atom. The zero-order chi connectivity index (χ0) is 20.3. The molecule has 1 aromatic heterocycles. The summed E-state index contributed by atoms with van der Waals surface area (Å²) in [6.45, 7) is 1.32. The lowest BCUT2D eigenvalue weighted by molar-refractivity contribution is -0.384. The van der Waals surface area contributed by atoms with Crippen molar-refractivity contribution in [3.63, 3.8) is 0 Å². The Hall–Kier alpha value is -3.39. The molecule has 1 atom stereocenters. The quantitative estimate of drug-likeness (QED) is 0.434. The number of benzene rings is 2. The molecule has 3 aromatic rings. The van der Waals surface area contributed by atoms with E-state index in [4.69, 9.17) is 11.6 Å². The summed E-state index contributed by atoms with van der Waals surface area (Å²) in [5.41, 5.74) is 1.70. The Labute approximate surface area is 165 Å². The standard InChI is InChI=1S/C19H17ClN4O4/c1-11(25)22-17(8-12-10-21-16-5-3-2-4-14(12)16)19(26)23-13-6-7-15(20)18(9-13)24(27)28/h2-7,9-10,17,21H,8H2,1H3,(H,22,25)(H,23,26). The minimum Gasteiger partial charge on any atom is -0.361 e. The molecule has 0 fully saturated rings. The van der Waals surface area contributed by atoms with Crippen LogP contribution in [0.4, 0.5) is 11.4 Å². The van der Waals surface area contributed by atoms with Crippen LogP contribution in [0.2, 0.25) is 5.02 Å². The van der Waals surface area contributed by atoms with Gasteiger partial charge in [-0.1, -0.05) is 29.8 Å². The molecule has 2 aromatic carbocycles. The second-order valence-corrected chi connectivity index (χ2v) is 6.64. The Kier molecular flexibility index (Phi) is 5.60. The van der Waals surface area contributed by atoms with Crippen LogP contribution in [-0.2, 0) is 16.0 Å². The number of carbonyl (C=O) groups excluding carboxylic acids is 2. The van der Waals surface area contributed by atoms with Crippen molar-refractivity contribution < 1.29 is 14.5 Å². The van der Waals surface area contributed by atoms with Gasteiger partial charge in [-0.25, -0.2) is 0 Å². The van der Waals surface area contributed by atoms with Crippen molar-refractivity contribution in [1.29, 1.82) is 0 Å². The van der Waals surface area contributed by atoms with Gasteiger partial charge in [0.2, 0.25) is 11.8 Å². The van der Waals surface area contributed by atoms with Gasteiger partial charge in [0.05, 0.1) is 4.92 Å². The number of nitro benzene ring substituents is 1. The highest BCUT2D eigenvalue weighted by atomic mass is 35.5. The largest absolute Gasteiger partial charge is 0.361 e. The first-order chi connectivity index (χ1) is 13.3. The van der Waals surface area contributed by atoms with E-state index in [1.54, 1.807) is 6.20 Å². The number of hydrogen-bond acceptors (Lipinski definition) is 4. The lowest BCUT2D eigenvalue weighted by Gasteiger charge is -2.17. The van der Waals surface area contributed by atoms with Crippen molar-refractivity contribution in [3.8, 4) is 0 Å². The molecule has 3 rings (SSSR count). The molecule has 3 N–H and O–H groups in total. The average molecular weight is 401 g/mol. The summed E-state index contributed by atoms with van der Waals surface area (Å²) in [5.74, 6) is -0.848. The van der Waals surface area contributed by atoms with Gasteiger partial charge in [0, 0.05) is 42.2 Å². The van der Waals surface area contributed by atoms with Gasteiger partial charge in [0.15, 0.2) is 0 Å². The highest BCUT2D eigenvalue weighted by Crippen LogP contribution is 2.27. The molecule has 0 aliphatic heterocycles. The van der Waals surface area contributed by atoms with Crippen molar-refractivity contribution in [2.24, 2.45) is 0 Å². The molecule has 0 saturated carbocycles. The topological polar surface area (TPSA) is 117 Å². The Morgan fingerprint density at radius 1 is 1.25 bits per heavy atom. The minimum atomic E-state index is -0.855. The number of nitrogens with zero attached hydrogens (tertiary/aromatic N) is 1. The summed E-state index contributed by atoms with van der Waals surface area (Å²) in [5, 5.41) is 17.2. The van der Waals surface area contributed by atoms with Gasteiger partial charge < -0.3 is 15.6 Å².